The second kappa shape index (κ2) is 9.85. The van der Waals surface area contributed by atoms with Crippen LogP contribution in [0.5, 0.6) is 0 Å². The highest BCUT2D eigenvalue weighted by atomic mass is 19.1. The zero-order chi connectivity index (χ0) is 25.3. The number of H-pyrrole nitrogens is 1. The highest BCUT2D eigenvalue weighted by Crippen LogP contribution is 2.37. The summed E-state index contributed by atoms with van der Waals surface area (Å²) in [6.45, 7) is 1.64. The van der Waals surface area contributed by atoms with Gasteiger partial charge in [0, 0.05) is 38.4 Å². The number of pyridine rings is 1. The van der Waals surface area contributed by atoms with Crippen LogP contribution in [0.25, 0.3) is 0 Å². The number of aromatic nitrogens is 1. The number of imide groups is 1. The van der Waals surface area contributed by atoms with Gasteiger partial charge in [0.2, 0.25) is 5.56 Å². The molecule has 36 heavy (non-hydrogen) atoms. The second-order valence-electron chi connectivity index (χ2n) is 9.76. The molecule has 5 rings (SSSR count). The van der Waals surface area contributed by atoms with Crippen LogP contribution in [0, 0.1) is 11.7 Å². The maximum atomic E-state index is 13.9. The summed E-state index contributed by atoms with van der Waals surface area (Å²) in [5.41, 5.74) is -0.324. The number of hydrogen-bond donors (Lipinski definition) is 2. The zero-order valence-electron chi connectivity index (χ0n) is 19.9. The van der Waals surface area contributed by atoms with Gasteiger partial charge in [0.05, 0.1) is 18.2 Å². The number of ether oxygens (including phenoxy) is 1. The number of benzene rings is 1. The average Bonchev–Trinajstić information content (AvgIpc) is 3.49. The smallest absolute Gasteiger partial charge is 0.325 e. The lowest BCUT2D eigenvalue weighted by molar-refractivity contribution is -0.135. The molecule has 0 spiro atoms. The number of nitrogens with one attached hydrogen (secondary N) is 2. The van der Waals surface area contributed by atoms with E-state index in [1.165, 1.54) is 35.4 Å². The molecule has 190 valence electrons. The molecule has 1 aromatic heterocycles. The Morgan fingerprint density at radius 2 is 1.81 bits per heavy atom. The lowest BCUT2D eigenvalue weighted by Crippen LogP contribution is -2.58. The molecular formula is C26H29FN4O5. The van der Waals surface area contributed by atoms with E-state index in [2.05, 4.69) is 10.3 Å². The average molecular weight is 497 g/mol. The van der Waals surface area contributed by atoms with E-state index in [1.54, 1.807) is 17.0 Å². The molecule has 2 unspecified atom stereocenters. The van der Waals surface area contributed by atoms with Gasteiger partial charge < -0.3 is 19.9 Å². The number of likely N-dealkylation sites (tertiary alicyclic amines) is 1. The molecule has 0 saturated carbocycles. The highest BCUT2D eigenvalue weighted by Gasteiger charge is 2.56. The van der Waals surface area contributed by atoms with E-state index in [9.17, 15) is 23.6 Å². The van der Waals surface area contributed by atoms with Gasteiger partial charge in [0.25, 0.3) is 11.8 Å². The third-order valence-corrected chi connectivity index (χ3v) is 7.52. The Balaban J connectivity index is 1.36. The van der Waals surface area contributed by atoms with Crippen LogP contribution in [-0.2, 0) is 16.0 Å². The van der Waals surface area contributed by atoms with E-state index < -0.39 is 11.6 Å². The van der Waals surface area contributed by atoms with Crippen LogP contribution in [0.3, 0.4) is 0 Å². The van der Waals surface area contributed by atoms with Gasteiger partial charge in [-0.3, -0.25) is 19.3 Å². The lowest BCUT2D eigenvalue weighted by Gasteiger charge is -2.41. The number of piperidine rings is 1. The number of amides is 4. The van der Waals surface area contributed by atoms with Crippen LogP contribution in [0.4, 0.5) is 9.18 Å². The maximum absolute atomic E-state index is 13.9. The third kappa shape index (κ3) is 4.65. The molecule has 10 heteroatoms. The van der Waals surface area contributed by atoms with Gasteiger partial charge in [-0.2, -0.15) is 0 Å². The Labute approximate surface area is 207 Å². The molecule has 3 saturated heterocycles. The molecule has 2 aromatic rings. The van der Waals surface area contributed by atoms with Gasteiger partial charge in [-0.15, -0.1) is 0 Å². The Morgan fingerprint density at radius 3 is 2.44 bits per heavy atom. The molecule has 3 aliphatic heterocycles. The van der Waals surface area contributed by atoms with E-state index in [4.69, 9.17) is 4.74 Å². The Hall–Kier alpha value is -3.53. The van der Waals surface area contributed by atoms with Crippen molar-refractivity contribution in [3.63, 3.8) is 0 Å². The van der Waals surface area contributed by atoms with Gasteiger partial charge in [0.15, 0.2) is 0 Å². The summed E-state index contributed by atoms with van der Waals surface area (Å²) < 4.78 is 19.2. The standard InChI is InChI=1S/C26H29FN4O5/c27-20-6-3-17(4-7-20)14-26(24(34)31(25(35)29-26)16-21-2-1-13-36-21)19-9-11-30(12-10-19)23(33)18-5-8-22(32)28-15-18/h3-8,15,19,21H,1-2,9-14,16H2,(H,28,32)(H,29,35). The fraction of sp³-hybridized carbons (Fsp3) is 0.462. The van der Waals surface area contributed by atoms with Gasteiger partial charge in [-0.05, 0) is 55.4 Å². The van der Waals surface area contributed by atoms with E-state index in [1.807, 2.05) is 0 Å². The zero-order valence-corrected chi connectivity index (χ0v) is 19.9. The SMILES string of the molecule is O=C(c1ccc(=O)[nH]c1)N1CCC(C2(Cc3ccc(F)cc3)NC(=O)N(CC3CCCO3)C2=O)CC1. The predicted molar refractivity (Wildman–Crippen MR) is 128 cm³/mol. The number of hydrogen-bond acceptors (Lipinski definition) is 5. The normalized spacial score (nSPS) is 24.9. The van der Waals surface area contributed by atoms with Crippen LogP contribution in [-0.4, -0.2) is 70.5 Å². The summed E-state index contributed by atoms with van der Waals surface area (Å²) in [5, 5.41) is 3.00. The Kier molecular flexibility index (Phi) is 6.61. The van der Waals surface area contributed by atoms with E-state index in [0.717, 1.165) is 18.4 Å². The molecule has 4 amide bonds. The Bertz CT molecular complexity index is 1180. The molecule has 0 radical (unpaired) electrons. The van der Waals surface area contributed by atoms with Gasteiger partial charge in [0.1, 0.15) is 11.4 Å². The molecule has 2 N–H and O–H groups in total. The quantitative estimate of drug-likeness (QED) is 0.595. The van der Waals surface area contributed by atoms with Gasteiger partial charge in [-0.25, -0.2) is 9.18 Å². The third-order valence-electron chi connectivity index (χ3n) is 7.52. The summed E-state index contributed by atoms with van der Waals surface area (Å²) in [5.74, 6) is -1.08. The topological polar surface area (TPSA) is 112 Å². The van der Waals surface area contributed by atoms with Crippen molar-refractivity contribution < 1.29 is 23.5 Å². The summed E-state index contributed by atoms with van der Waals surface area (Å²) in [7, 11) is 0. The van der Waals surface area contributed by atoms with Crippen molar-refractivity contribution >= 4 is 17.8 Å². The number of halogens is 1. The first-order valence-corrected chi connectivity index (χ1v) is 12.3. The molecule has 1 aromatic carbocycles. The van der Waals surface area contributed by atoms with Crippen LogP contribution in [0.15, 0.2) is 47.4 Å². The molecule has 3 aliphatic rings. The van der Waals surface area contributed by atoms with Crippen LogP contribution < -0.4 is 10.9 Å². The molecule has 3 fully saturated rings. The number of carbonyl (C=O) groups is 3. The minimum atomic E-state index is -1.18. The van der Waals surface area contributed by atoms with Crippen molar-refractivity contribution in [2.24, 2.45) is 5.92 Å². The van der Waals surface area contributed by atoms with E-state index in [-0.39, 0.29) is 48.2 Å². The van der Waals surface area contributed by atoms with Crippen molar-refractivity contribution in [3.8, 4) is 0 Å². The van der Waals surface area contributed by atoms with Crippen molar-refractivity contribution in [2.45, 2.75) is 43.7 Å². The molecule has 2 atom stereocenters. The summed E-state index contributed by atoms with van der Waals surface area (Å²) >= 11 is 0. The number of aromatic amines is 1. The van der Waals surface area contributed by atoms with E-state index >= 15 is 0 Å². The number of nitrogens with zero attached hydrogens (tertiary/aromatic N) is 2. The predicted octanol–water partition coefficient (Wildman–Crippen LogP) is 2.08. The van der Waals surface area contributed by atoms with Crippen molar-refractivity contribution in [2.75, 3.05) is 26.2 Å². The maximum Gasteiger partial charge on any atom is 0.325 e. The van der Waals surface area contributed by atoms with Gasteiger partial charge in [-0.1, -0.05) is 12.1 Å². The largest absolute Gasteiger partial charge is 0.376 e. The van der Waals surface area contributed by atoms with Crippen molar-refractivity contribution in [3.05, 3.63) is 69.9 Å². The molecule has 9 nitrogen and oxygen atoms in total. The second-order valence-corrected chi connectivity index (χ2v) is 9.76. The molecule has 4 heterocycles. The summed E-state index contributed by atoms with van der Waals surface area (Å²) in [4.78, 5) is 56.6. The highest BCUT2D eigenvalue weighted by molar-refractivity contribution is 6.07. The fourth-order valence-corrected chi connectivity index (χ4v) is 5.57. The van der Waals surface area contributed by atoms with Crippen LogP contribution in [0.1, 0.15) is 41.6 Å². The summed E-state index contributed by atoms with van der Waals surface area (Å²) in [6.07, 6.45) is 4.18. The first-order chi connectivity index (χ1) is 17.4. The van der Waals surface area contributed by atoms with Crippen molar-refractivity contribution in [1.82, 2.24) is 20.1 Å². The minimum Gasteiger partial charge on any atom is -0.376 e. The van der Waals surface area contributed by atoms with Crippen molar-refractivity contribution in [1.29, 1.82) is 0 Å². The van der Waals surface area contributed by atoms with Gasteiger partial charge >= 0.3 is 6.03 Å². The minimum absolute atomic E-state index is 0.168. The molecule has 0 bridgehead atoms. The monoisotopic (exact) mass is 496 g/mol. The fourth-order valence-electron chi connectivity index (χ4n) is 5.57. The lowest BCUT2D eigenvalue weighted by atomic mass is 9.73. The first-order valence-electron chi connectivity index (χ1n) is 12.3. The summed E-state index contributed by atoms with van der Waals surface area (Å²) in [6, 6.07) is 8.33. The van der Waals surface area contributed by atoms with E-state index in [0.29, 0.717) is 38.1 Å². The number of carbonyl (C=O) groups excluding carboxylic acids is 3. The Morgan fingerprint density at radius 1 is 1.06 bits per heavy atom. The molecule has 0 aliphatic carbocycles. The molecular weight excluding hydrogens is 467 g/mol. The number of urea groups is 1. The number of rotatable bonds is 6. The first kappa shape index (κ1) is 24.2. The van der Waals surface area contributed by atoms with Crippen LogP contribution >= 0.6 is 0 Å². The van der Waals surface area contributed by atoms with Crippen LogP contribution in [0.2, 0.25) is 0 Å².